The van der Waals surface area contributed by atoms with Gasteiger partial charge in [0, 0.05) is 19.3 Å². The van der Waals surface area contributed by atoms with Crippen LogP contribution in [0.2, 0.25) is 0 Å². The molecule has 0 aliphatic rings. The van der Waals surface area contributed by atoms with Gasteiger partial charge >= 0.3 is 17.9 Å². The summed E-state index contributed by atoms with van der Waals surface area (Å²) in [5, 5.41) is 0. The van der Waals surface area contributed by atoms with E-state index in [9.17, 15) is 14.4 Å². The molecule has 0 heterocycles. The fourth-order valence-electron chi connectivity index (χ4n) is 9.63. The Labute approximate surface area is 501 Å². The molecule has 0 radical (unpaired) electrons. The molecule has 6 nitrogen and oxygen atoms in total. The van der Waals surface area contributed by atoms with Crippen LogP contribution in [-0.2, 0) is 28.6 Å². The van der Waals surface area contributed by atoms with E-state index >= 15 is 0 Å². The fraction of sp³-hybridized carbons (Fsp3) is 0.720. The molecule has 1 atom stereocenters. The lowest BCUT2D eigenvalue weighted by Gasteiger charge is -2.18. The summed E-state index contributed by atoms with van der Waals surface area (Å²) in [7, 11) is 0. The van der Waals surface area contributed by atoms with E-state index in [-0.39, 0.29) is 31.1 Å². The van der Waals surface area contributed by atoms with Gasteiger partial charge in [0.15, 0.2) is 6.10 Å². The first-order valence-corrected chi connectivity index (χ1v) is 34.4. The van der Waals surface area contributed by atoms with Crippen LogP contribution in [0.1, 0.15) is 329 Å². The van der Waals surface area contributed by atoms with Crippen molar-refractivity contribution in [3.8, 4) is 0 Å². The highest BCUT2D eigenvalue weighted by molar-refractivity contribution is 5.71. The van der Waals surface area contributed by atoms with Crippen molar-refractivity contribution in [1.29, 1.82) is 0 Å². The molecule has 0 amide bonds. The Hall–Kier alpha value is -3.93. The van der Waals surface area contributed by atoms with Gasteiger partial charge < -0.3 is 14.2 Å². The minimum Gasteiger partial charge on any atom is -0.462 e. The summed E-state index contributed by atoms with van der Waals surface area (Å²) < 4.78 is 16.9. The number of hydrogen-bond acceptors (Lipinski definition) is 6. The van der Waals surface area contributed by atoms with Crippen LogP contribution < -0.4 is 0 Å². The molecule has 0 rings (SSSR count). The van der Waals surface area contributed by atoms with Crippen molar-refractivity contribution in [2.24, 2.45) is 0 Å². The van der Waals surface area contributed by atoms with Crippen LogP contribution in [0.25, 0.3) is 0 Å². The normalized spacial score (nSPS) is 12.8. The third kappa shape index (κ3) is 66.8. The Bertz CT molecular complexity index is 1620. The lowest BCUT2D eigenvalue weighted by atomic mass is 10.0. The zero-order valence-corrected chi connectivity index (χ0v) is 53.3. The monoisotopic (exact) mass is 1120 g/mol. The van der Waals surface area contributed by atoms with E-state index in [2.05, 4.69) is 130 Å². The standard InChI is InChI=1S/C75H128O6/c1-4-7-10-13-16-19-22-25-27-29-30-31-32-33-34-35-36-37-38-39-40-41-42-43-44-46-47-50-53-56-59-62-65-68-74(77)80-71-72(70-79-73(76)67-64-61-58-55-52-49-24-21-18-15-12-9-6-3)81-75(78)69-66-63-60-57-54-51-48-45-28-26-23-20-17-14-11-8-5-2/h7,10,16-17,19-20,25-28,30-31,33-34,36-37,39-40,72H,4-6,8-9,11-15,18,21-24,29,32,35,38,41-71H2,1-3H3/b10-7-,19-16-,20-17-,27-25-,28-26-,31-30-,34-33-,37-36-,40-39-. The van der Waals surface area contributed by atoms with Crippen molar-refractivity contribution < 1.29 is 28.6 Å². The van der Waals surface area contributed by atoms with Crippen LogP contribution in [0.15, 0.2) is 109 Å². The van der Waals surface area contributed by atoms with Gasteiger partial charge in [-0.2, -0.15) is 0 Å². The largest absolute Gasteiger partial charge is 0.462 e. The molecule has 0 spiro atoms. The number of ether oxygens (including phenoxy) is 3. The number of rotatable bonds is 62. The minimum atomic E-state index is -0.783. The minimum absolute atomic E-state index is 0.0785. The van der Waals surface area contributed by atoms with Crippen molar-refractivity contribution in [1.82, 2.24) is 0 Å². The SMILES string of the molecule is CC/C=C\C/C=C\C/C=C\C/C=C\C/C=C\C/C=C\C/C=C\CCCCCCCCCCCCCC(=O)OCC(COC(=O)CCCCCCCCCCCCCCC)OC(=O)CCCCCCCCC/C=C\C/C=C\CCCCC. The van der Waals surface area contributed by atoms with Crippen molar-refractivity contribution in [2.45, 2.75) is 335 Å². The van der Waals surface area contributed by atoms with Gasteiger partial charge in [-0.15, -0.1) is 0 Å². The number of unbranched alkanes of at least 4 members (excludes halogenated alkanes) is 33. The molecule has 0 bridgehead atoms. The number of esters is 3. The van der Waals surface area contributed by atoms with Gasteiger partial charge in [0.2, 0.25) is 0 Å². The molecular weight excluding hydrogens is 997 g/mol. The van der Waals surface area contributed by atoms with Crippen molar-refractivity contribution in [2.75, 3.05) is 13.2 Å². The zero-order chi connectivity index (χ0) is 58.5. The predicted octanol–water partition coefficient (Wildman–Crippen LogP) is 23.8. The fourth-order valence-corrected chi connectivity index (χ4v) is 9.63. The van der Waals surface area contributed by atoms with Crippen LogP contribution >= 0.6 is 0 Å². The quantitative estimate of drug-likeness (QED) is 0.0261. The molecule has 0 aromatic carbocycles. The number of carbonyl (C=O) groups is 3. The summed E-state index contributed by atoms with van der Waals surface area (Å²) in [6, 6.07) is 0. The Kier molecular flexibility index (Phi) is 65.2. The first kappa shape index (κ1) is 77.1. The average Bonchev–Trinajstić information content (AvgIpc) is 3.46. The van der Waals surface area contributed by atoms with Gasteiger partial charge in [-0.05, 0) is 109 Å². The van der Waals surface area contributed by atoms with Crippen LogP contribution in [0.4, 0.5) is 0 Å². The molecule has 464 valence electrons. The van der Waals surface area contributed by atoms with Crippen molar-refractivity contribution >= 4 is 17.9 Å². The smallest absolute Gasteiger partial charge is 0.306 e. The van der Waals surface area contributed by atoms with E-state index in [0.29, 0.717) is 19.3 Å². The van der Waals surface area contributed by atoms with E-state index < -0.39 is 6.10 Å². The molecule has 1 unspecified atom stereocenters. The molecule has 0 saturated carbocycles. The third-order valence-corrected chi connectivity index (χ3v) is 14.8. The maximum atomic E-state index is 12.9. The van der Waals surface area contributed by atoms with Crippen molar-refractivity contribution in [3.05, 3.63) is 109 Å². The molecule has 0 aliphatic carbocycles. The van der Waals surface area contributed by atoms with E-state index in [0.717, 1.165) is 116 Å². The zero-order valence-electron chi connectivity index (χ0n) is 53.3. The molecule has 0 aromatic rings. The van der Waals surface area contributed by atoms with E-state index in [1.165, 1.54) is 173 Å². The Morgan fingerprint density at radius 3 is 0.778 bits per heavy atom. The molecule has 0 fully saturated rings. The molecule has 0 aliphatic heterocycles. The summed E-state index contributed by atoms with van der Waals surface area (Å²) in [4.78, 5) is 38.4. The van der Waals surface area contributed by atoms with Gasteiger partial charge in [-0.25, -0.2) is 0 Å². The summed E-state index contributed by atoms with van der Waals surface area (Å²) in [6.07, 6.45) is 93.9. The van der Waals surface area contributed by atoms with Crippen LogP contribution in [0.5, 0.6) is 0 Å². The second-order valence-corrected chi connectivity index (χ2v) is 22.7. The van der Waals surface area contributed by atoms with Gasteiger partial charge in [-0.1, -0.05) is 310 Å². The van der Waals surface area contributed by atoms with Crippen LogP contribution in [0.3, 0.4) is 0 Å². The Balaban J connectivity index is 4.24. The lowest BCUT2D eigenvalue weighted by Crippen LogP contribution is -2.30. The molecule has 0 aromatic heterocycles. The highest BCUT2D eigenvalue weighted by Gasteiger charge is 2.19. The topological polar surface area (TPSA) is 78.9 Å². The molecule has 0 N–H and O–H groups in total. The van der Waals surface area contributed by atoms with Gasteiger partial charge in [0.05, 0.1) is 0 Å². The predicted molar refractivity (Wildman–Crippen MR) is 353 cm³/mol. The first-order valence-electron chi connectivity index (χ1n) is 34.4. The van der Waals surface area contributed by atoms with E-state index in [1.54, 1.807) is 0 Å². The average molecular weight is 1130 g/mol. The molecule has 81 heavy (non-hydrogen) atoms. The lowest BCUT2D eigenvalue weighted by molar-refractivity contribution is -0.167. The highest BCUT2D eigenvalue weighted by atomic mass is 16.6. The first-order chi connectivity index (χ1) is 40.0. The highest BCUT2D eigenvalue weighted by Crippen LogP contribution is 2.17. The maximum absolute atomic E-state index is 12.9. The number of allylic oxidation sites excluding steroid dienone is 18. The Morgan fingerprint density at radius 1 is 0.259 bits per heavy atom. The van der Waals surface area contributed by atoms with Gasteiger partial charge in [-0.3, -0.25) is 14.4 Å². The Morgan fingerprint density at radius 2 is 0.481 bits per heavy atom. The summed E-state index contributed by atoms with van der Waals surface area (Å²) in [6.45, 7) is 6.52. The van der Waals surface area contributed by atoms with Crippen LogP contribution in [-0.4, -0.2) is 37.2 Å². The van der Waals surface area contributed by atoms with Crippen LogP contribution in [0, 0.1) is 0 Å². The van der Waals surface area contributed by atoms with Gasteiger partial charge in [0.25, 0.3) is 0 Å². The summed E-state index contributed by atoms with van der Waals surface area (Å²) >= 11 is 0. The van der Waals surface area contributed by atoms with Crippen molar-refractivity contribution in [3.63, 3.8) is 0 Å². The maximum Gasteiger partial charge on any atom is 0.306 e. The summed E-state index contributed by atoms with van der Waals surface area (Å²) in [5.41, 5.74) is 0. The van der Waals surface area contributed by atoms with Gasteiger partial charge in [0.1, 0.15) is 13.2 Å². The third-order valence-electron chi connectivity index (χ3n) is 14.8. The number of hydrogen-bond donors (Lipinski definition) is 0. The second-order valence-electron chi connectivity index (χ2n) is 22.7. The number of carbonyl (C=O) groups excluding carboxylic acids is 3. The van der Waals surface area contributed by atoms with E-state index in [1.807, 2.05) is 0 Å². The van der Waals surface area contributed by atoms with E-state index in [4.69, 9.17) is 14.2 Å². The second kappa shape index (κ2) is 68.6. The molecule has 0 saturated heterocycles. The molecule has 6 heteroatoms. The summed E-state index contributed by atoms with van der Waals surface area (Å²) in [5.74, 6) is -0.877. The molecular formula is C75H128O6.